The molecule has 0 fully saturated rings. The van der Waals surface area contributed by atoms with Gasteiger partial charge in [0.05, 0.1) is 17.9 Å². The van der Waals surface area contributed by atoms with Crippen LogP contribution >= 0.6 is 12.4 Å². The van der Waals surface area contributed by atoms with Gasteiger partial charge in [-0.1, -0.05) is 12.1 Å². The third-order valence-corrected chi connectivity index (χ3v) is 3.46. The third kappa shape index (κ3) is 3.26. The Morgan fingerprint density at radius 2 is 2.10 bits per heavy atom. The zero-order valence-corrected chi connectivity index (χ0v) is 12.2. The Labute approximate surface area is 128 Å². The van der Waals surface area contributed by atoms with Gasteiger partial charge in [-0.15, -0.1) is 12.4 Å². The predicted molar refractivity (Wildman–Crippen MR) is 81.3 cm³/mol. The van der Waals surface area contributed by atoms with Gasteiger partial charge < -0.3 is 10.2 Å². The van der Waals surface area contributed by atoms with E-state index in [4.69, 9.17) is 0 Å². The third-order valence-electron chi connectivity index (χ3n) is 3.46. The minimum absolute atomic E-state index is 0. The van der Waals surface area contributed by atoms with E-state index < -0.39 is 6.55 Å². The molecule has 0 radical (unpaired) electrons. The van der Waals surface area contributed by atoms with Gasteiger partial charge in [-0.05, 0) is 18.6 Å². The van der Waals surface area contributed by atoms with E-state index in [9.17, 15) is 8.78 Å². The van der Waals surface area contributed by atoms with E-state index in [0.29, 0.717) is 12.4 Å². The molecule has 0 saturated heterocycles. The molecule has 0 aliphatic carbocycles. The highest BCUT2D eigenvalue weighted by Crippen LogP contribution is 2.29. The van der Waals surface area contributed by atoms with Gasteiger partial charge >= 0.3 is 6.55 Å². The number of nitrogens with zero attached hydrogens (tertiary/aromatic N) is 3. The second-order valence-electron chi connectivity index (χ2n) is 4.75. The quantitative estimate of drug-likeness (QED) is 0.941. The van der Waals surface area contributed by atoms with Gasteiger partial charge in [0.1, 0.15) is 5.82 Å². The van der Waals surface area contributed by atoms with Crippen molar-refractivity contribution < 1.29 is 8.78 Å². The van der Waals surface area contributed by atoms with Crippen LogP contribution in [0.4, 0.5) is 20.2 Å². The fraction of sp³-hybridized carbons (Fsp3) is 0.357. The molecule has 1 N–H and O–H groups in total. The lowest BCUT2D eigenvalue weighted by molar-refractivity contribution is 0.0670. The number of benzene rings is 1. The molecule has 0 atom stereocenters. The zero-order chi connectivity index (χ0) is 13.9. The highest BCUT2D eigenvalue weighted by Gasteiger charge is 2.18. The molecule has 2 heterocycles. The fourth-order valence-corrected chi connectivity index (χ4v) is 2.49. The molecule has 114 valence electrons. The SMILES string of the molecule is Cl.FC(F)n1ccnc1CN1CCCNc2ccccc21. The number of para-hydroxylation sites is 2. The van der Waals surface area contributed by atoms with E-state index in [1.807, 2.05) is 24.3 Å². The molecule has 0 bridgehead atoms. The largest absolute Gasteiger partial charge is 0.383 e. The highest BCUT2D eigenvalue weighted by molar-refractivity contribution is 5.85. The number of imidazole rings is 1. The van der Waals surface area contributed by atoms with Gasteiger partial charge in [0, 0.05) is 25.5 Å². The normalized spacial score (nSPS) is 14.1. The van der Waals surface area contributed by atoms with Crippen LogP contribution in [-0.4, -0.2) is 22.6 Å². The molecular weight excluding hydrogens is 298 g/mol. The number of aromatic nitrogens is 2. The maximum atomic E-state index is 12.9. The lowest BCUT2D eigenvalue weighted by Crippen LogP contribution is -2.25. The Bertz CT molecular complexity index is 588. The fourth-order valence-electron chi connectivity index (χ4n) is 2.49. The lowest BCUT2D eigenvalue weighted by atomic mass is 10.2. The van der Waals surface area contributed by atoms with Crippen LogP contribution in [0.2, 0.25) is 0 Å². The average Bonchev–Trinajstić information content (AvgIpc) is 2.81. The molecule has 4 nitrogen and oxygen atoms in total. The topological polar surface area (TPSA) is 33.1 Å². The summed E-state index contributed by atoms with van der Waals surface area (Å²) in [6.45, 7) is -0.458. The molecule has 3 rings (SSSR count). The molecule has 7 heteroatoms. The van der Waals surface area contributed by atoms with Gasteiger partial charge in [0.25, 0.3) is 0 Å². The summed E-state index contributed by atoms with van der Waals surface area (Å²) in [7, 11) is 0. The molecule has 0 saturated carbocycles. The van der Waals surface area contributed by atoms with Crippen LogP contribution < -0.4 is 10.2 Å². The molecule has 1 aromatic carbocycles. The number of fused-ring (bicyclic) bond motifs is 1. The monoisotopic (exact) mass is 314 g/mol. The summed E-state index contributed by atoms with van der Waals surface area (Å²) in [5, 5.41) is 3.36. The summed E-state index contributed by atoms with van der Waals surface area (Å²) >= 11 is 0. The maximum Gasteiger partial charge on any atom is 0.319 e. The minimum atomic E-state index is -2.55. The maximum absolute atomic E-state index is 12.9. The molecule has 0 amide bonds. The van der Waals surface area contributed by atoms with Crippen LogP contribution in [0.3, 0.4) is 0 Å². The highest BCUT2D eigenvalue weighted by atomic mass is 35.5. The average molecular weight is 315 g/mol. The van der Waals surface area contributed by atoms with Gasteiger partial charge in [-0.3, -0.25) is 4.57 Å². The second-order valence-corrected chi connectivity index (χ2v) is 4.75. The molecule has 0 spiro atoms. The van der Waals surface area contributed by atoms with Crippen LogP contribution in [0, 0.1) is 0 Å². The number of hydrogen-bond donors (Lipinski definition) is 1. The summed E-state index contributed by atoms with van der Waals surface area (Å²) in [5.41, 5.74) is 2.08. The Kier molecular flexibility index (Phi) is 5.01. The number of alkyl halides is 2. The van der Waals surface area contributed by atoms with Gasteiger partial charge in [-0.25, -0.2) is 4.98 Å². The molecule has 1 aliphatic heterocycles. The van der Waals surface area contributed by atoms with Crippen molar-refractivity contribution in [1.82, 2.24) is 9.55 Å². The van der Waals surface area contributed by atoms with Gasteiger partial charge in [-0.2, -0.15) is 8.78 Å². The zero-order valence-electron chi connectivity index (χ0n) is 11.4. The van der Waals surface area contributed by atoms with E-state index in [1.165, 1.54) is 12.4 Å². The van der Waals surface area contributed by atoms with Crippen molar-refractivity contribution in [3.8, 4) is 0 Å². The Hall–Kier alpha value is -1.82. The van der Waals surface area contributed by atoms with E-state index in [2.05, 4.69) is 15.2 Å². The van der Waals surface area contributed by atoms with Crippen LogP contribution in [0.1, 0.15) is 18.8 Å². The Morgan fingerprint density at radius 1 is 1.29 bits per heavy atom. The molecule has 1 aliphatic rings. The van der Waals surface area contributed by atoms with E-state index >= 15 is 0 Å². The van der Waals surface area contributed by atoms with Gasteiger partial charge in [0.2, 0.25) is 0 Å². The first-order valence-electron chi connectivity index (χ1n) is 6.63. The molecular formula is C14H17ClF2N4. The number of anilines is 2. The number of rotatable bonds is 3. The van der Waals surface area contributed by atoms with E-state index in [-0.39, 0.29) is 12.4 Å². The molecule has 21 heavy (non-hydrogen) atoms. The standard InChI is InChI=1S/C14H16F2N4.ClH/c15-14(16)20-9-7-18-13(20)10-19-8-3-6-17-11-4-1-2-5-12(11)19;/h1-2,4-5,7,9,14,17H,3,6,8,10H2;1H. The Balaban J connectivity index is 0.00000161. The lowest BCUT2D eigenvalue weighted by Gasteiger charge is -2.24. The van der Waals surface area contributed by atoms with Crippen molar-refractivity contribution in [3.05, 3.63) is 42.5 Å². The second kappa shape index (κ2) is 6.76. The number of nitrogens with one attached hydrogen (secondary N) is 1. The summed E-state index contributed by atoms with van der Waals surface area (Å²) in [6, 6.07) is 7.93. The predicted octanol–water partition coefficient (Wildman–Crippen LogP) is 3.52. The van der Waals surface area contributed by atoms with Crippen molar-refractivity contribution >= 4 is 23.8 Å². The molecule has 0 unspecified atom stereocenters. The Morgan fingerprint density at radius 3 is 2.90 bits per heavy atom. The molecule has 1 aromatic heterocycles. The van der Waals surface area contributed by atoms with Crippen LogP contribution in [0.15, 0.2) is 36.7 Å². The molecule has 2 aromatic rings. The van der Waals surface area contributed by atoms with E-state index in [0.717, 1.165) is 35.5 Å². The van der Waals surface area contributed by atoms with Crippen molar-refractivity contribution in [2.75, 3.05) is 23.3 Å². The van der Waals surface area contributed by atoms with Crippen molar-refractivity contribution in [2.24, 2.45) is 0 Å². The van der Waals surface area contributed by atoms with E-state index in [1.54, 1.807) is 0 Å². The summed E-state index contributed by atoms with van der Waals surface area (Å²) < 4.78 is 26.7. The van der Waals surface area contributed by atoms with Crippen LogP contribution in [-0.2, 0) is 6.54 Å². The van der Waals surface area contributed by atoms with Crippen LogP contribution in [0.25, 0.3) is 0 Å². The number of hydrogen-bond acceptors (Lipinski definition) is 3. The summed E-state index contributed by atoms with van der Waals surface area (Å²) in [6.07, 6.45) is 3.70. The number of halogens is 3. The van der Waals surface area contributed by atoms with Crippen LogP contribution in [0.5, 0.6) is 0 Å². The van der Waals surface area contributed by atoms with Gasteiger partial charge in [0.15, 0.2) is 0 Å². The minimum Gasteiger partial charge on any atom is -0.383 e. The van der Waals surface area contributed by atoms with Crippen molar-refractivity contribution in [2.45, 2.75) is 19.5 Å². The summed E-state index contributed by atoms with van der Waals surface area (Å²) in [4.78, 5) is 6.15. The summed E-state index contributed by atoms with van der Waals surface area (Å²) in [5.74, 6) is 0.386. The van der Waals surface area contributed by atoms with Crippen molar-refractivity contribution in [1.29, 1.82) is 0 Å². The van der Waals surface area contributed by atoms with Crippen molar-refractivity contribution in [3.63, 3.8) is 0 Å². The smallest absolute Gasteiger partial charge is 0.319 e. The first kappa shape index (κ1) is 15.6. The first-order valence-corrected chi connectivity index (χ1v) is 6.63. The first-order chi connectivity index (χ1) is 9.75.